The zero-order valence-electron chi connectivity index (χ0n) is 15.1. The van der Waals surface area contributed by atoms with Gasteiger partial charge in [0.15, 0.2) is 5.78 Å². The van der Waals surface area contributed by atoms with Crippen molar-refractivity contribution < 1.29 is 14.3 Å². The van der Waals surface area contributed by atoms with Crippen molar-refractivity contribution in [2.24, 2.45) is 22.7 Å². The second-order valence-electron chi connectivity index (χ2n) is 9.18. The number of esters is 1. The average Bonchev–Trinajstić information content (AvgIpc) is 3.10. The third-order valence-corrected chi connectivity index (χ3v) is 8.24. The Morgan fingerprint density at radius 3 is 2.72 bits per heavy atom. The summed E-state index contributed by atoms with van der Waals surface area (Å²) < 4.78 is 5.96. The second kappa shape index (κ2) is 4.75. The molecule has 1 saturated carbocycles. The van der Waals surface area contributed by atoms with Crippen molar-refractivity contribution in [1.82, 2.24) is 0 Å². The van der Waals surface area contributed by atoms with Crippen LogP contribution in [-0.2, 0) is 14.3 Å². The monoisotopic (exact) mass is 338 g/mol. The summed E-state index contributed by atoms with van der Waals surface area (Å²) >= 11 is 0. The summed E-state index contributed by atoms with van der Waals surface area (Å²) in [7, 11) is 0. The topological polar surface area (TPSA) is 43.4 Å². The van der Waals surface area contributed by atoms with Crippen LogP contribution in [0.15, 0.2) is 35.5 Å². The molecular formula is C22H26O3. The van der Waals surface area contributed by atoms with Crippen molar-refractivity contribution >= 4 is 11.8 Å². The molecule has 5 atom stereocenters. The van der Waals surface area contributed by atoms with Gasteiger partial charge in [-0.1, -0.05) is 37.6 Å². The van der Waals surface area contributed by atoms with Gasteiger partial charge in [0.05, 0.1) is 0 Å². The number of hydrogen-bond acceptors (Lipinski definition) is 3. The van der Waals surface area contributed by atoms with Crippen LogP contribution < -0.4 is 0 Å². The molecule has 0 radical (unpaired) electrons. The van der Waals surface area contributed by atoms with Gasteiger partial charge in [0.25, 0.3) is 0 Å². The van der Waals surface area contributed by atoms with E-state index < -0.39 is 0 Å². The van der Waals surface area contributed by atoms with Crippen LogP contribution in [0.5, 0.6) is 0 Å². The first-order valence-electron chi connectivity index (χ1n) is 9.74. The molecule has 132 valence electrons. The van der Waals surface area contributed by atoms with Crippen molar-refractivity contribution in [1.29, 1.82) is 0 Å². The van der Waals surface area contributed by atoms with Crippen molar-refractivity contribution in [2.45, 2.75) is 64.4 Å². The minimum absolute atomic E-state index is 0.0107. The fraction of sp³-hybridized carbons (Fsp3) is 0.636. The molecule has 5 aliphatic rings. The molecule has 0 aromatic heterocycles. The Balaban J connectivity index is 1.58. The van der Waals surface area contributed by atoms with Gasteiger partial charge >= 0.3 is 5.97 Å². The Morgan fingerprint density at radius 1 is 1.12 bits per heavy atom. The number of allylic oxidation sites excluding steroid dienone is 6. The van der Waals surface area contributed by atoms with Crippen molar-refractivity contribution in [3.8, 4) is 0 Å². The Hall–Kier alpha value is -1.64. The van der Waals surface area contributed by atoms with E-state index in [0.29, 0.717) is 24.7 Å². The van der Waals surface area contributed by atoms with Gasteiger partial charge in [-0.2, -0.15) is 0 Å². The van der Waals surface area contributed by atoms with Crippen molar-refractivity contribution in [2.75, 3.05) is 0 Å². The van der Waals surface area contributed by atoms with E-state index in [0.717, 1.165) is 32.1 Å². The molecule has 0 aromatic carbocycles. The Bertz CT molecular complexity index is 772. The largest absolute Gasteiger partial charge is 0.458 e. The summed E-state index contributed by atoms with van der Waals surface area (Å²) in [5, 5.41) is 0. The highest BCUT2D eigenvalue weighted by Crippen LogP contribution is 2.66. The number of carbonyl (C=O) groups excluding carboxylic acids is 2. The molecule has 1 spiro atoms. The molecule has 0 bridgehead atoms. The molecule has 3 heteroatoms. The molecule has 25 heavy (non-hydrogen) atoms. The first kappa shape index (κ1) is 15.6. The zero-order chi connectivity index (χ0) is 17.4. The van der Waals surface area contributed by atoms with Crippen LogP contribution in [0.4, 0.5) is 0 Å². The van der Waals surface area contributed by atoms with E-state index >= 15 is 0 Å². The van der Waals surface area contributed by atoms with E-state index in [2.05, 4.69) is 32.1 Å². The lowest BCUT2D eigenvalue weighted by Gasteiger charge is -2.52. The van der Waals surface area contributed by atoms with Crippen LogP contribution in [0.1, 0.15) is 58.8 Å². The van der Waals surface area contributed by atoms with Crippen LogP contribution >= 0.6 is 0 Å². The average molecular weight is 338 g/mol. The predicted octanol–water partition coefficient (Wildman–Crippen LogP) is 4.29. The summed E-state index contributed by atoms with van der Waals surface area (Å²) in [6.45, 7) is 4.67. The lowest BCUT2D eigenvalue weighted by molar-refractivity contribution is -0.159. The summed E-state index contributed by atoms with van der Waals surface area (Å²) in [6, 6.07) is 0. The standard InChI is InChI=1S/C22H26O3/c1-20-9-5-15(23)13-14(20)3-4-16-17(20)6-10-21(2)18(16)7-11-22(21)12-8-19(24)25-22/h3-4,6,13,16,18H,5,7-12H2,1-2H3/t16-,18+,20-,21-,22+/m0/s1. The SMILES string of the molecule is C[C@]12CCC(=O)C=C1C=C[C@H]1C2=CC[C@@]2(C)[C@@H]1CC[C@@]21CCC(=O)O1. The van der Waals surface area contributed by atoms with E-state index in [9.17, 15) is 9.59 Å². The van der Waals surface area contributed by atoms with Crippen LogP contribution in [0.25, 0.3) is 0 Å². The molecule has 3 nitrogen and oxygen atoms in total. The van der Waals surface area contributed by atoms with Gasteiger partial charge in [-0.05, 0) is 49.7 Å². The normalized spacial score (nSPS) is 47.8. The van der Waals surface area contributed by atoms with Gasteiger partial charge in [0.1, 0.15) is 5.60 Å². The van der Waals surface area contributed by atoms with Gasteiger partial charge < -0.3 is 4.74 Å². The molecule has 5 rings (SSSR count). The highest BCUT2D eigenvalue weighted by molar-refractivity contribution is 5.92. The molecule has 2 fully saturated rings. The fourth-order valence-corrected chi connectivity index (χ4v) is 6.62. The molecule has 1 heterocycles. The quantitative estimate of drug-likeness (QED) is 0.489. The number of carbonyl (C=O) groups is 2. The van der Waals surface area contributed by atoms with Gasteiger partial charge in [-0.3, -0.25) is 9.59 Å². The summed E-state index contributed by atoms with van der Waals surface area (Å²) in [5.41, 5.74) is 2.51. The van der Waals surface area contributed by atoms with Crippen LogP contribution in [-0.4, -0.2) is 17.4 Å². The first-order valence-corrected chi connectivity index (χ1v) is 9.74. The molecule has 4 aliphatic carbocycles. The highest BCUT2D eigenvalue weighted by atomic mass is 16.6. The maximum absolute atomic E-state index is 11.9. The van der Waals surface area contributed by atoms with Gasteiger partial charge in [-0.15, -0.1) is 0 Å². The minimum Gasteiger partial charge on any atom is -0.458 e. The van der Waals surface area contributed by atoms with Crippen molar-refractivity contribution in [3.05, 3.63) is 35.5 Å². The Kier molecular flexibility index (Phi) is 2.96. The van der Waals surface area contributed by atoms with Gasteiger partial charge in [-0.25, -0.2) is 0 Å². The summed E-state index contributed by atoms with van der Waals surface area (Å²) in [5.74, 6) is 1.20. The van der Waals surface area contributed by atoms with E-state index in [1.165, 1.54) is 11.1 Å². The van der Waals surface area contributed by atoms with Crippen LogP contribution in [0.2, 0.25) is 0 Å². The molecule has 1 saturated heterocycles. The maximum atomic E-state index is 11.9. The molecule has 0 aromatic rings. The van der Waals surface area contributed by atoms with Crippen molar-refractivity contribution in [3.63, 3.8) is 0 Å². The number of rotatable bonds is 0. The lowest BCUT2D eigenvalue weighted by Crippen LogP contribution is -2.50. The fourth-order valence-electron chi connectivity index (χ4n) is 6.62. The number of ether oxygens (including phenoxy) is 1. The number of ketones is 1. The predicted molar refractivity (Wildman–Crippen MR) is 94.6 cm³/mol. The first-order chi connectivity index (χ1) is 11.9. The number of fused-ring (bicyclic) bond motifs is 6. The molecule has 0 N–H and O–H groups in total. The third kappa shape index (κ3) is 1.82. The van der Waals surface area contributed by atoms with E-state index in [1.54, 1.807) is 0 Å². The minimum atomic E-state index is -0.246. The lowest BCUT2D eigenvalue weighted by atomic mass is 9.52. The van der Waals surface area contributed by atoms with E-state index in [-0.39, 0.29) is 28.2 Å². The third-order valence-electron chi connectivity index (χ3n) is 8.24. The Labute approximate surface area is 149 Å². The second-order valence-corrected chi connectivity index (χ2v) is 9.18. The van der Waals surface area contributed by atoms with Crippen LogP contribution in [0.3, 0.4) is 0 Å². The summed E-state index contributed by atoms with van der Waals surface area (Å²) in [4.78, 5) is 23.8. The van der Waals surface area contributed by atoms with E-state index in [4.69, 9.17) is 4.74 Å². The molecule has 1 aliphatic heterocycles. The van der Waals surface area contributed by atoms with Crippen LogP contribution in [0, 0.1) is 22.7 Å². The van der Waals surface area contributed by atoms with E-state index in [1.807, 2.05) is 6.08 Å². The maximum Gasteiger partial charge on any atom is 0.306 e. The number of hydrogen-bond donors (Lipinski definition) is 0. The van der Waals surface area contributed by atoms with Gasteiger partial charge in [0.2, 0.25) is 0 Å². The highest BCUT2D eigenvalue weighted by Gasteiger charge is 2.64. The summed E-state index contributed by atoms with van der Waals surface area (Å²) in [6.07, 6.45) is 15.0. The zero-order valence-corrected chi connectivity index (χ0v) is 15.1. The van der Waals surface area contributed by atoms with Gasteiger partial charge in [0, 0.05) is 29.6 Å². The Morgan fingerprint density at radius 2 is 1.96 bits per heavy atom. The smallest absolute Gasteiger partial charge is 0.306 e. The molecule has 0 unspecified atom stereocenters. The molecular weight excluding hydrogens is 312 g/mol. The molecule has 0 amide bonds.